The lowest BCUT2D eigenvalue weighted by Gasteiger charge is -2.20. The van der Waals surface area contributed by atoms with Gasteiger partial charge in [-0.2, -0.15) is 0 Å². The Morgan fingerprint density at radius 2 is 2.05 bits per heavy atom. The average Bonchev–Trinajstić information content (AvgIpc) is 2.49. The number of nitrogens with one attached hydrogen (secondary N) is 1. The fraction of sp³-hybridized carbons (Fsp3) is 0.250. The van der Waals surface area contributed by atoms with Gasteiger partial charge in [0.2, 0.25) is 0 Å². The molecule has 0 fully saturated rings. The zero-order valence-electron chi connectivity index (χ0n) is 11.8. The van der Waals surface area contributed by atoms with Gasteiger partial charge in [-0.3, -0.25) is 11.3 Å². The highest BCUT2D eigenvalue weighted by Gasteiger charge is 2.17. The Morgan fingerprint density at radius 1 is 1.29 bits per heavy atom. The van der Waals surface area contributed by atoms with Crippen molar-refractivity contribution in [1.82, 2.24) is 5.43 Å². The van der Waals surface area contributed by atoms with E-state index in [9.17, 15) is 4.39 Å². The van der Waals surface area contributed by atoms with E-state index in [4.69, 9.17) is 22.2 Å². The molecule has 0 saturated heterocycles. The van der Waals surface area contributed by atoms with Crippen LogP contribution in [0.3, 0.4) is 0 Å². The lowest BCUT2D eigenvalue weighted by atomic mass is 9.98. The van der Waals surface area contributed by atoms with Crippen LogP contribution in [0.5, 0.6) is 5.75 Å². The van der Waals surface area contributed by atoms with Crippen molar-refractivity contribution in [3.8, 4) is 5.75 Å². The van der Waals surface area contributed by atoms with Crippen molar-refractivity contribution in [3.05, 3.63) is 64.4 Å². The topological polar surface area (TPSA) is 47.3 Å². The van der Waals surface area contributed by atoms with E-state index in [-0.39, 0.29) is 11.9 Å². The number of ether oxygens (including phenoxy) is 1. The first kappa shape index (κ1) is 15.8. The Labute approximate surface area is 128 Å². The molecule has 3 nitrogen and oxygen atoms in total. The first-order valence-electron chi connectivity index (χ1n) is 6.77. The summed E-state index contributed by atoms with van der Waals surface area (Å²) in [6.07, 6.45) is 0.382. The van der Waals surface area contributed by atoms with Crippen molar-refractivity contribution in [3.63, 3.8) is 0 Å². The molecule has 3 N–H and O–H groups in total. The summed E-state index contributed by atoms with van der Waals surface area (Å²) in [6.45, 7) is 2.47. The lowest BCUT2D eigenvalue weighted by Crippen LogP contribution is -2.30. The molecule has 0 saturated carbocycles. The van der Waals surface area contributed by atoms with Gasteiger partial charge in [0.05, 0.1) is 12.6 Å². The molecule has 0 amide bonds. The van der Waals surface area contributed by atoms with Crippen molar-refractivity contribution in [2.45, 2.75) is 19.4 Å². The van der Waals surface area contributed by atoms with E-state index in [1.807, 2.05) is 31.2 Å². The third-order valence-corrected chi connectivity index (χ3v) is 3.46. The second-order valence-electron chi connectivity index (χ2n) is 4.63. The van der Waals surface area contributed by atoms with Gasteiger partial charge < -0.3 is 4.74 Å². The van der Waals surface area contributed by atoms with Crippen molar-refractivity contribution in [2.24, 2.45) is 5.84 Å². The Balaban J connectivity index is 2.30. The van der Waals surface area contributed by atoms with E-state index in [1.54, 1.807) is 6.07 Å². The summed E-state index contributed by atoms with van der Waals surface area (Å²) in [4.78, 5) is 0. The lowest BCUT2D eigenvalue weighted by molar-refractivity contribution is 0.331. The molecule has 2 rings (SSSR count). The number of nitrogens with two attached hydrogens (primary N) is 1. The van der Waals surface area contributed by atoms with Gasteiger partial charge >= 0.3 is 0 Å². The second kappa shape index (κ2) is 7.41. The zero-order valence-corrected chi connectivity index (χ0v) is 12.5. The van der Waals surface area contributed by atoms with Crippen LogP contribution >= 0.6 is 11.6 Å². The van der Waals surface area contributed by atoms with Crippen molar-refractivity contribution in [1.29, 1.82) is 0 Å². The molecule has 1 atom stereocenters. The quantitative estimate of drug-likeness (QED) is 0.633. The SMILES string of the molecule is CCOc1ccccc1C(Cc1cc(Cl)ccc1F)NN. The van der Waals surface area contributed by atoms with E-state index >= 15 is 0 Å². The molecular formula is C16H18ClFN2O. The van der Waals surface area contributed by atoms with Crippen LogP contribution in [-0.2, 0) is 6.42 Å². The summed E-state index contributed by atoms with van der Waals surface area (Å²) < 4.78 is 19.5. The number of rotatable bonds is 6. The van der Waals surface area contributed by atoms with Gasteiger partial charge in [-0.15, -0.1) is 0 Å². The fourth-order valence-corrected chi connectivity index (χ4v) is 2.43. The molecule has 0 spiro atoms. The first-order valence-corrected chi connectivity index (χ1v) is 7.15. The minimum absolute atomic E-state index is 0.263. The maximum Gasteiger partial charge on any atom is 0.126 e. The van der Waals surface area contributed by atoms with Crippen LogP contribution in [0.1, 0.15) is 24.1 Å². The van der Waals surface area contributed by atoms with Crippen LogP contribution in [0.2, 0.25) is 5.02 Å². The summed E-state index contributed by atoms with van der Waals surface area (Å²) in [5, 5.41) is 0.500. The summed E-state index contributed by atoms with van der Waals surface area (Å²) in [6, 6.07) is 11.8. The summed E-state index contributed by atoms with van der Waals surface area (Å²) in [5.41, 5.74) is 4.12. The highest BCUT2D eigenvalue weighted by atomic mass is 35.5. The van der Waals surface area contributed by atoms with E-state index < -0.39 is 0 Å². The molecule has 2 aromatic rings. The van der Waals surface area contributed by atoms with E-state index in [1.165, 1.54) is 12.1 Å². The number of hydrazine groups is 1. The summed E-state index contributed by atoms with van der Waals surface area (Å²) in [5.74, 6) is 6.09. The predicted octanol–water partition coefficient (Wildman–Crippen LogP) is 3.62. The monoisotopic (exact) mass is 308 g/mol. The molecule has 0 radical (unpaired) electrons. The minimum atomic E-state index is -0.298. The molecule has 0 aliphatic heterocycles. The van der Waals surface area contributed by atoms with Crippen molar-refractivity contribution in [2.75, 3.05) is 6.61 Å². The molecule has 0 aliphatic rings. The largest absolute Gasteiger partial charge is 0.494 e. The second-order valence-corrected chi connectivity index (χ2v) is 5.07. The van der Waals surface area contributed by atoms with Crippen LogP contribution in [0.15, 0.2) is 42.5 Å². The smallest absolute Gasteiger partial charge is 0.126 e. The molecule has 21 heavy (non-hydrogen) atoms. The molecule has 0 bridgehead atoms. The summed E-state index contributed by atoms with van der Waals surface area (Å²) in [7, 11) is 0. The van der Waals surface area contributed by atoms with Gasteiger partial charge in [0.25, 0.3) is 0 Å². The molecule has 2 aromatic carbocycles. The van der Waals surface area contributed by atoms with Gasteiger partial charge in [-0.1, -0.05) is 29.8 Å². The zero-order chi connectivity index (χ0) is 15.2. The normalized spacial score (nSPS) is 12.2. The Morgan fingerprint density at radius 3 is 2.76 bits per heavy atom. The van der Waals surface area contributed by atoms with Crippen molar-refractivity contribution >= 4 is 11.6 Å². The predicted molar refractivity (Wildman–Crippen MR) is 82.8 cm³/mol. The van der Waals surface area contributed by atoms with Crippen LogP contribution in [-0.4, -0.2) is 6.61 Å². The number of para-hydroxylation sites is 1. The first-order chi connectivity index (χ1) is 10.2. The third kappa shape index (κ3) is 3.94. The number of halogens is 2. The fourth-order valence-electron chi connectivity index (χ4n) is 2.23. The number of hydrogen-bond acceptors (Lipinski definition) is 3. The molecular weight excluding hydrogens is 291 g/mol. The highest BCUT2D eigenvalue weighted by Crippen LogP contribution is 2.28. The van der Waals surface area contributed by atoms with E-state index in [0.29, 0.717) is 23.6 Å². The van der Waals surface area contributed by atoms with E-state index in [0.717, 1.165) is 11.3 Å². The van der Waals surface area contributed by atoms with Gasteiger partial charge in [0.1, 0.15) is 11.6 Å². The Hall–Kier alpha value is -1.62. The van der Waals surface area contributed by atoms with Gasteiger partial charge in [0, 0.05) is 10.6 Å². The molecule has 5 heteroatoms. The van der Waals surface area contributed by atoms with Crippen molar-refractivity contribution < 1.29 is 9.13 Å². The maximum atomic E-state index is 13.9. The standard InChI is InChI=1S/C16H18ClFN2O/c1-2-21-16-6-4-3-5-13(16)15(20-19)10-11-9-12(17)7-8-14(11)18/h3-9,15,20H,2,10,19H2,1H3. The molecule has 1 unspecified atom stereocenters. The Bertz CT molecular complexity index is 607. The number of hydrogen-bond donors (Lipinski definition) is 2. The number of benzene rings is 2. The third-order valence-electron chi connectivity index (χ3n) is 3.23. The molecule has 0 heterocycles. The van der Waals surface area contributed by atoms with Crippen LogP contribution in [0, 0.1) is 5.82 Å². The molecule has 0 aromatic heterocycles. The molecule has 112 valence electrons. The van der Waals surface area contributed by atoms with Crippen LogP contribution < -0.4 is 16.0 Å². The average molecular weight is 309 g/mol. The van der Waals surface area contributed by atoms with E-state index in [2.05, 4.69) is 5.43 Å². The maximum absolute atomic E-state index is 13.9. The Kier molecular flexibility index (Phi) is 5.56. The van der Waals surface area contributed by atoms with Gasteiger partial charge in [-0.05, 0) is 43.2 Å². The van der Waals surface area contributed by atoms with Gasteiger partial charge in [0.15, 0.2) is 0 Å². The summed E-state index contributed by atoms with van der Waals surface area (Å²) >= 11 is 5.93. The molecule has 0 aliphatic carbocycles. The van der Waals surface area contributed by atoms with Gasteiger partial charge in [-0.25, -0.2) is 4.39 Å². The van der Waals surface area contributed by atoms with Crippen LogP contribution in [0.25, 0.3) is 0 Å². The minimum Gasteiger partial charge on any atom is -0.494 e. The van der Waals surface area contributed by atoms with Crippen LogP contribution in [0.4, 0.5) is 4.39 Å². The highest BCUT2D eigenvalue weighted by molar-refractivity contribution is 6.30.